The highest BCUT2D eigenvalue weighted by molar-refractivity contribution is 5.76. The van der Waals surface area contributed by atoms with E-state index in [1.165, 1.54) is 12.3 Å². The number of nitrogens with one attached hydrogen (secondary N) is 1. The van der Waals surface area contributed by atoms with E-state index in [1.807, 2.05) is 0 Å². The van der Waals surface area contributed by atoms with Gasteiger partial charge in [-0.05, 0) is 29.3 Å². The first kappa shape index (κ1) is 14.8. The Labute approximate surface area is 116 Å². The number of rotatable bonds is 3. The van der Waals surface area contributed by atoms with Crippen molar-refractivity contribution in [2.24, 2.45) is 0 Å². The number of pyridine rings is 1. The first-order valence-electron chi connectivity index (χ1n) is 5.89. The number of alkyl halides is 3. The number of carbonyl (C=O) groups is 1. The molecule has 2 aromatic rings. The van der Waals surface area contributed by atoms with Crippen LogP contribution in [0.25, 0.3) is 11.1 Å². The van der Waals surface area contributed by atoms with Crippen LogP contribution in [0.3, 0.4) is 0 Å². The molecule has 0 saturated heterocycles. The summed E-state index contributed by atoms with van der Waals surface area (Å²) in [6.45, 7) is 0. The topological polar surface area (TPSA) is 70.2 Å². The fourth-order valence-corrected chi connectivity index (χ4v) is 1.97. The zero-order valence-corrected chi connectivity index (χ0v) is 10.6. The number of hydrogen-bond donors (Lipinski definition) is 2. The summed E-state index contributed by atoms with van der Waals surface area (Å²) in [5.41, 5.74) is -0.840. The molecule has 1 aromatic heterocycles. The molecule has 0 aliphatic rings. The van der Waals surface area contributed by atoms with Crippen molar-refractivity contribution in [1.29, 1.82) is 0 Å². The molecule has 0 unspecified atom stereocenters. The summed E-state index contributed by atoms with van der Waals surface area (Å²) in [6, 6.07) is 5.43. The SMILES string of the molecule is O=C(O)Cc1cc[nH]c(=O)c1-c1ccc(C(F)(F)F)cc1. The summed E-state index contributed by atoms with van der Waals surface area (Å²) >= 11 is 0. The summed E-state index contributed by atoms with van der Waals surface area (Å²) in [7, 11) is 0. The molecule has 110 valence electrons. The van der Waals surface area contributed by atoms with Crippen LogP contribution < -0.4 is 5.56 Å². The van der Waals surface area contributed by atoms with Crippen molar-refractivity contribution >= 4 is 5.97 Å². The van der Waals surface area contributed by atoms with Crippen LogP contribution in [0.15, 0.2) is 41.3 Å². The summed E-state index contributed by atoms with van der Waals surface area (Å²) in [5, 5.41) is 8.82. The fourth-order valence-electron chi connectivity index (χ4n) is 1.97. The number of hydrogen-bond acceptors (Lipinski definition) is 2. The molecule has 0 fully saturated rings. The molecule has 0 saturated carbocycles. The second-order valence-corrected chi connectivity index (χ2v) is 4.35. The van der Waals surface area contributed by atoms with Crippen molar-refractivity contribution in [2.45, 2.75) is 12.6 Å². The van der Waals surface area contributed by atoms with E-state index in [4.69, 9.17) is 5.11 Å². The minimum absolute atomic E-state index is 0.0635. The second kappa shape index (κ2) is 5.43. The number of aromatic nitrogens is 1. The molecule has 0 aliphatic heterocycles. The largest absolute Gasteiger partial charge is 0.481 e. The Morgan fingerprint density at radius 1 is 1.14 bits per heavy atom. The van der Waals surface area contributed by atoms with Gasteiger partial charge in [-0.3, -0.25) is 9.59 Å². The molecule has 21 heavy (non-hydrogen) atoms. The monoisotopic (exact) mass is 297 g/mol. The lowest BCUT2D eigenvalue weighted by Gasteiger charge is -2.09. The number of aliphatic carboxylic acids is 1. The summed E-state index contributed by atoms with van der Waals surface area (Å²) in [6.07, 6.45) is -3.56. The van der Waals surface area contributed by atoms with Crippen molar-refractivity contribution in [3.05, 3.63) is 58.0 Å². The van der Waals surface area contributed by atoms with Crippen molar-refractivity contribution in [3.63, 3.8) is 0 Å². The van der Waals surface area contributed by atoms with E-state index in [2.05, 4.69) is 4.98 Å². The van der Waals surface area contributed by atoms with Gasteiger partial charge in [0, 0.05) is 6.20 Å². The Balaban J connectivity index is 2.51. The number of benzene rings is 1. The summed E-state index contributed by atoms with van der Waals surface area (Å²) in [5.74, 6) is -1.13. The van der Waals surface area contributed by atoms with E-state index in [0.717, 1.165) is 24.3 Å². The van der Waals surface area contributed by atoms with Gasteiger partial charge in [0.05, 0.1) is 17.5 Å². The quantitative estimate of drug-likeness (QED) is 0.915. The minimum atomic E-state index is -4.47. The maximum Gasteiger partial charge on any atom is 0.416 e. The van der Waals surface area contributed by atoms with Crippen molar-refractivity contribution in [3.8, 4) is 11.1 Å². The Hall–Kier alpha value is -2.57. The van der Waals surface area contributed by atoms with Crippen molar-refractivity contribution in [1.82, 2.24) is 4.98 Å². The third kappa shape index (κ3) is 3.31. The lowest BCUT2D eigenvalue weighted by Crippen LogP contribution is -2.14. The molecular weight excluding hydrogens is 287 g/mol. The lowest BCUT2D eigenvalue weighted by molar-refractivity contribution is -0.138. The van der Waals surface area contributed by atoms with Crippen LogP contribution in [0, 0.1) is 0 Å². The maximum atomic E-state index is 12.5. The average Bonchev–Trinajstić information content (AvgIpc) is 2.37. The number of H-pyrrole nitrogens is 1. The number of carboxylic acids is 1. The van der Waals surface area contributed by atoms with Gasteiger partial charge in [-0.25, -0.2) is 0 Å². The van der Waals surface area contributed by atoms with Gasteiger partial charge in [0.2, 0.25) is 0 Å². The van der Waals surface area contributed by atoms with Gasteiger partial charge in [-0.2, -0.15) is 13.2 Å². The normalized spacial score (nSPS) is 11.4. The Bertz CT molecular complexity index is 717. The van der Waals surface area contributed by atoms with Crippen LogP contribution in [-0.2, 0) is 17.4 Å². The molecule has 7 heteroatoms. The smallest absolute Gasteiger partial charge is 0.416 e. The third-order valence-electron chi connectivity index (χ3n) is 2.89. The molecule has 2 N–H and O–H groups in total. The Morgan fingerprint density at radius 3 is 2.29 bits per heavy atom. The highest BCUT2D eigenvalue weighted by atomic mass is 19.4. The molecule has 0 spiro atoms. The van der Waals surface area contributed by atoms with Crippen molar-refractivity contribution < 1.29 is 23.1 Å². The molecule has 2 rings (SSSR count). The van der Waals surface area contributed by atoms with E-state index in [0.29, 0.717) is 0 Å². The van der Waals surface area contributed by atoms with Gasteiger partial charge >= 0.3 is 12.1 Å². The third-order valence-corrected chi connectivity index (χ3v) is 2.89. The highest BCUT2D eigenvalue weighted by Crippen LogP contribution is 2.31. The molecule has 0 atom stereocenters. The van der Waals surface area contributed by atoms with Gasteiger partial charge in [0.1, 0.15) is 0 Å². The van der Waals surface area contributed by atoms with Crippen LogP contribution in [0.4, 0.5) is 13.2 Å². The molecule has 0 amide bonds. The summed E-state index contributed by atoms with van der Waals surface area (Å²) in [4.78, 5) is 25.0. The van der Waals surface area contributed by atoms with E-state index >= 15 is 0 Å². The lowest BCUT2D eigenvalue weighted by atomic mass is 9.98. The zero-order valence-electron chi connectivity index (χ0n) is 10.6. The molecule has 0 bridgehead atoms. The van der Waals surface area contributed by atoms with Crippen LogP contribution >= 0.6 is 0 Å². The van der Waals surface area contributed by atoms with E-state index in [1.54, 1.807) is 0 Å². The molecule has 1 aromatic carbocycles. The first-order chi connectivity index (χ1) is 9.79. The van der Waals surface area contributed by atoms with Crippen LogP contribution in [0.5, 0.6) is 0 Å². The average molecular weight is 297 g/mol. The zero-order chi connectivity index (χ0) is 15.6. The van der Waals surface area contributed by atoms with Gasteiger partial charge in [-0.1, -0.05) is 12.1 Å². The van der Waals surface area contributed by atoms with E-state index in [9.17, 15) is 22.8 Å². The van der Waals surface area contributed by atoms with Gasteiger partial charge in [0.15, 0.2) is 0 Å². The molecule has 4 nitrogen and oxygen atoms in total. The predicted octanol–water partition coefficient (Wildman–Crippen LogP) is 2.69. The summed E-state index contributed by atoms with van der Waals surface area (Å²) < 4.78 is 37.5. The van der Waals surface area contributed by atoms with Gasteiger partial charge in [0.25, 0.3) is 5.56 Å². The Morgan fingerprint density at radius 2 is 1.76 bits per heavy atom. The van der Waals surface area contributed by atoms with Crippen LogP contribution in [0.1, 0.15) is 11.1 Å². The van der Waals surface area contributed by atoms with Gasteiger partial charge < -0.3 is 10.1 Å². The minimum Gasteiger partial charge on any atom is -0.481 e. The fraction of sp³-hybridized carbons (Fsp3) is 0.143. The first-order valence-corrected chi connectivity index (χ1v) is 5.89. The van der Waals surface area contributed by atoms with E-state index in [-0.39, 0.29) is 23.1 Å². The van der Waals surface area contributed by atoms with Crippen molar-refractivity contribution in [2.75, 3.05) is 0 Å². The highest BCUT2D eigenvalue weighted by Gasteiger charge is 2.30. The maximum absolute atomic E-state index is 12.5. The van der Waals surface area contributed by atoms with Crippen LogP contribution in [-0.4, -0.2) is 16.1 Å². The molecule has 0 radical (unpaired) electrons. The number of carboxylic acid groups (broad SMARTS) is 1. The molecule has 0 aliphatic carbocycles. The Kier molecular flexibility index (Phi) is 3.84. The standard InChI is InChI=1S/C14H10F3NO3/c15-14(16,17)10-3-1-8(2-4-10)12-9(7-11(19)20)5-6-18-13(12)21/h1-6H,7H2,(H,18,21)(H,19,20). The number of halogens is 3. The second-order valence-electron chi connectivity index (χ2n) is 4.35. The number of aromatic amines is 1. The molecule has 1 heterocycles. The van der Waals surface area contributed by atoms with Crippen LogP contribution in [0.2, 0.25) is 0 Å². The van der Waals surface area contributed by atoms with Gasteiger partial charge in [-0.15, -0.1) is 0 Å². The molecular formula is C14H10F3NO3. The van der Waals surface area contributed by atoms with E-state index < -0.39 is 23.3 Å². The predicted molar refractivity (Wildman–Crippen MR) is 68.8 cm³/mol.